The largest absolute Gasteiger partial charge is 0.394 e. The molecule has 10 nitrogen and oxygen atoms in total. The molecule has 5 rings (SSSR count). The molecule has 1 saturated heterocycles. The number of rotatable bonds is 11. The van der Waals surface area contributed by atoms with E-state index in [-0.39, 0.29) is 25.3 Å². The summed E-state index contributed by atoms with van der Waals surface area (Å²) in [6, 6.07) is 24.0. The van der Waals surface area contributed by atoms with E-state index in [1.54, 1.807) is 0 Å². The predicted molar refractivity (Wildman–Crippen MR) is 154 cm³/mol. The van der Waals surface area contributed by atoms with E-state index in [0.29, 0.717) is 19.6 Å². The van der Waals surface area contributed by atoms with E-state index < -0.39 is 37.1 Å². The van der Waals surface area contributed by atoms with Crippen LogP contribution in [0.5, 0.6) is 0 Å². The SMILES string of the molecule is O=C(CCN(Cc1ccc2ccccc2n1)Cc1ccc2ccccc2n1)NCC[C@@H]1O[C@H](CO)[C@@H](O)[C@H](O)[C@H]1O. The van der Waals surface area contributed by atoms with Crippen LogP contribution in [0.25, 0.3) is 21.8 Å². The summed E-state index contributed by atoms with van der Waals surface area (Å²) in [4.78, 5) is 24.5. The maximum Gasteiger partial charge on any atom is 0.221 e. The Kier molecular flexibility index (Phi) is 9.50. The quantitative estimate of drug-likeness (QED) is 0.184. The first kappa shape index (κ1) is 29.0. The Balaban J connectivity index is 1.21. The fraction of sp³-hybridized carbons (Fsp3) is 0.387. The molecule has 5 atom stereocenters. The first-order valence-corrected chi connectivity index (χ1v) is 13.9. The first-order chi connectivity index (χ1) is 19.9. The lowest BCUT2D eigenvalue weighted by Crippen LogP contribution is -2.58. The average molecular weight is 561 g/mol. The molecule has 1 aliphatic rings. The van der Waals surface area contributed by atoms with E-state index in [4.69, 9.17) is 14.7 Å². The number of aliphatic hydroxyl groups excluding tert-OH is 4. The Hall–Kier alpha value is -3.51. The second-order valence-electron chi connectivity index (χ2n) is 10.5. The molecular weight excluding hydrogens is 524 g/mol. The van der Waals surface area contributed by atoms with Crippen LogP contribution in [0.15, 0.2) is 72.8 Å². The van der Waals surface area contributed by atoms with E-state index in [9.17, 15) is 25.2 Å². The molecule has 5 N–H and O–H groups in total. The van der Waals surface area contributed by atoms with Crippen LogP contribution in [0.2, 0.25) is 0 Å². The van der Waals surface area contributed by atoms with Gasteiger partial charge in [-0.15, -0.1) is 0 Å². The van der Waals surface area contributed by atoms with Crippen molar-refractivity contribution < 1.29 is 30.0 Å². The highest BCUT2D eigenvalue weighted by Gasteiger charge is 2.42. The smallest absolute Gasteiger partial charge is 0.221 e. The molecule has 3 heterocycles. The van der Waals surface area contributed by atoms with Crippen molar-refractivity contribution in [1.82, 2.24) is 20.2 Å². The van der Waals surface area contributed by atoms with Crippen LogP contribution in [-0.4, -0.2) is 91.4 Å². The molecule has 41 heavy (non-hydrogen) atoms. The van der Waals surface area contributed by atoms with Gasteiger partial charge in [-0.05, 0) is 30.7 Å². The average Bonchev–Trinajstić information content (AvgIpc) is 2.99. The molecule has 4 aromatic rings. The van der Waals surface area contributed by atoms with Crippen molar-refractivity contribution in [2.75, 3.05) is 19.7 Å². The second kappa shape index (κ2) is 13.4. The van der Waals surface area contributed by atoms with Gasteiger partial charge in [0.1, 0.15) is 24.4 Å². The van der Waals surface area contributed by atoms with Crippen LogP contribution in [0, 0.1) is 0 Å². The van der Waals surface area contributed by atoms with E-state index >= 15 is 0 Å². The van der Waals surface area contributed by atoms with Gasteiger partial charge in [-0.1, -0.05) is 48.5 Å². The van der Waals surface area contributed by atoms with E-state index in [2.05, 4.69) is 22.3 Å². The van der Waals surface area contributed by atoms with Gasteiger partial charge in [0.2, 0.25) is 5.91 Å². The van der Waals surface area contributed by atoms with Crippen molar-refractivity contribution in [3.8, 4) is 0 Å². The minimum Gasteiger partial charge on any atom is -0.394 e. The van der Waals surface area contributed by atoms with Gasteiger partial charge in [0.25, 0.3) is 0 Å². The Morgan fingerprint density at radius 1 is 0.780 bits per heavy atom. The molecule has 2 aromatic carbocycles. The molecule has 1 aliphatic heterocycles. The number of fused-ring (bicyclic) bond motifs is 2. The van der Waals surface area contributed by atoms with Crippen LogP contribution in [0.1, 0.15) is 24.2 Å². The Labute approximate surface area is 238 Å². The van der Waals surface area contributed by atoms with Crippen LogP contribution < -0.4 is 5.32 Å². The van der Waals surface area contributed by atoms with Gasteiger partial charge in [0.15, 0.2) is 0 Å². The fourth-order valence-electron chi connectivity index (χ4n) is 5.18. The summed E-state index contributed by atoms with van der Waals surface area (Å²) in [6.45, 7) is 1.27. The molecule has 0 bridgehead atoms. The number of benzene rings is 2. The zero-order chi connectivity index (χ0) is 28.8. The van der Waals surface area contributed by atoms with Gasteiger partial charge in [-0.3, -0.25) is 19.7 Å². The Morgan fingerprint density at radius 2 is 1.34 bits per heavy atom. The normalized spacial score (nSPS) is 22.8. The molecule has 0 unspecified atom stereocenters. The molecule has 0 spiro atoms. The number of para-hydroxylation sites is 2. The lowest BCUT2D eigenvalue weighted by molar-refractivity contribution is -0.229. The minimum absolute atomic E-state index is 0.169. The first-order valence-electron chi connectivity index (χ1n) is 13.9. The number of aliphatic hydroxyl groups is 4. The third kappa shape index (κ3) is 7.23. The summed E-state index contributed by atoms with van der Waals surface area (Å²) in [5, 5.41) is 44.5. The molecule has 10 heteroatoms. The molecule has 1 fully saturated rings. The van der Waals surface area contributed by atoms with E-state index in [0.717, 1.165) is 33.2 Å². The lowest BCUT2D eigenvalue weighted by Gasteiger charge is -2.40. The van der Waals surface area contributed by atoms with Crippen molar-refractivity contribution in [3.05, 3.63) is 84.2 Å². The lowest BCUT2D eigenvalue weighted by atomic mass is 9.93. The zero-order valence-electron chi connectivity index (χ0n) is 22.7. The molecular formula is C31H36N4O6. The number of nitrogens with one attached hydrogen (secondary N) is 1. The van der Waals surface area contributed by atoms with Crippen LogP contribution in [-0.2, 0) is 22.6 Å². The van der Waals surface area contributed by atoms with Crippen molar-refractivity contribution in [2.45, 2.75) is 56.5 Å². The maximum absolute atomic E-state index is 12.8. The highest BCUT2D eigenvalue weighted by molar-refractivity contribution is 5.79. The van der Waals surface area contributed by atoms with Crippen LogP contribution >= 0.6 is 0 Å². The van der Waals surface area contributed by atoms with E-state index in [1.807, 2.05) is 60.7 Å². The third-order valence-corrected chi connectivity index (χ3v) is 7.48. The number of hydrogen-bond donors (Lipinski definition) is 5. The number of pyridine rings is 2. The van der Waals surface area contributed by atoms with Crippen LogP contribution in [0.3, 0.4) is 0 Å². The monoisotopic (exact) mass is 560 g/mol. The fourth-order valence-corrected chi connectivity index (χ4v) is 5.18. The predicted octanol–water partition coefficient (Wildman–Crippen LogP) is 1.52. The number of ether oxygens (including phenoxy) is 1. The topological polar surface area (TPSA) is 148 Å². The summed E-state index contributed by atoms with van der Waals surface area (Å²) < 4.78 is 5.52. The Morgan fingerprint density at radius 3 is 1.93 bits per heavy atom. The van der Waals surface area contributed by atoms with Gasteiger partial charge in [0.05, 0.1) is 35.1 Å². The van der Waals surface area contributed by atoms with Gasteiger partial charge in [-0.2, -0.15) is 0 Å². The van der Waals surface area contributed by atoms with Gasteiger partial charge in [0, 0.05) is 43.4 Å². The summed E-state index contributed by atoms with van der Waals surface area (Å²) >= 11 is 0. The zero-order valence-corrected chi connectivity index (χ0v) is 22.7. The number of carbonyl (C=O) groups is 1. The summed E-state index contributed by atoms with van der Waals surface area (Å²) in [5.41, 5.74) is 3.62. The van der Waals surface area contributed by atoms with E-state index in [1.165, 1.54) is 0 Å². The number of nitrogens with zero attached hydrogens (tertiary/aromatic N) is 3. The Bertz CT molecular complexity index is 1390. The van der Waals surface area contributed by atoms with Crippen molar-refractivity contribution in [3.63, 3.8) is 0 Å². The third-order valence-electron chi connectivity index (χ3n) is 7.48. The highest BCUT2D eigenvalue weighted by Crippen LogP contribution is 2.23. The molecule has 2 aromatic heterocycles. The second-order valence-corrected chi connectivity index (χ2v) is 10.5. The standard InChI is InChI=1S/C31H36N4O6/c36-19-27-30(39)31(40)29(38)26(41-27)13-15-32-28(37)14-16-35(17-22-11-9-20-5-1-3-7-24(20)33-22)18-23-12-10-21-6-2-4-8-25(21)34-23/h1-12,26-27,29-31,36,38-40H,13-19H2,(H,32,37)/t26-,27+,29-,30+,31+/m0/s1. The molecule has 0 radical (unpaired) electrons. The maximum atomic E-state index is 12.8. The number of amides is 1. The number of hydrogen-bond acceptors (Lipinski definition) is 9. The van der Waals surface area contributed by atoms with Crippen LogP contribution in [0.4, 0.5) is 0 Å². The minimum atomic E-state index is -1.43. The molecule has 1 amide bonds. The molecule has 216 valence electrons. The van der Waals surface area contributed by atoms with Gasteiger partial charge >= 0.3 is 0 Å². The van der Waals surface area contributed by atoms with Gasteiger partial charge < -0.3 is 30.5 Å². The summed E-state index contributed by atoms with van der Waals surface area (Å²) in [7, 11) is 0. The van der Waals surface area contributed by atoms with Crippen molar-refractivity contribution >= 4 is 27.7 Å². The summed E-state index contributed by atoms with van der Waals surface area (Å²) in [5.74, 6) is -0.169. The van der Waals surface area contributed by atoms with Gasteiger partial charge in [-0.25, -0.2) is 0 Å². The number of aromatic nitrogens is 2. The van der Waals surface area contributed by atoms with Crippen molar-refractivity contribution in [2.24, 2.45) is 0 Å². The highest BCUT2D eigenvalue weighted by atomic mass is 16.5. The van der Waals surface area contributed by atoms with Crippen molar-refractivity contribution in [1.29, 1.82) is 0 Å². The summed E-state index contributed by atoms with van der Waals surface area (Å²) in [6.07, 6.45) is -5.47. The molecule has 0 saturated carbocycles. The molecule has 0 aliphatic carbocycles. The number of carbonyl (C=O) groups excluding carboxylic acids is 1.